The highest BCUT2D eigenvalue weighted by molar-refractivity contribution is 5.75. The van der Waals surface area contributed by atoms with Crippen LogP contribution in [0.4, 0.5) is 0 Å². The summed E-state index contributed by atoms with van der Waals surface area (Å²) in [6.45, 7) is 0. The molecule has 3 aliphatic rings. The van der Waals surface area contributed by atoms with Crippen LogP contribution in [0.2, 0.25) is 0 Å². The minimum atomic E-state index is 0.905. The van der Waals surface area contributed by atoms with Crippen LogP contribution in [0.5, 0.6) is 0 Å². The first-order valence-electron chi connectivity index (χ1n) is 6.70. The molecule has 0 amide bonds. The molecule has 0 spiro atoms. The van der Waals surface area contributed by atoms with Crippen LogP contribution in [0, 0.1) is 17.8 Å². The van der Waals surface area contributed by atoms with Gasteiger partial charge in [-0.3, -0.25) is 0 Å². The second-order valence-corrected chi connectivity index (χ2v) is 5.80. The van der Waals surface area contributed by atoms with Crippen molar-refractivity contribution in [1.29, 1.82) is 0 Å². The van der Waals surface area contributed by atoms with Crippen molar-refractivity contribution in [2.75, 3.05) is 0 Å². The molecule has 1 aromatic carbocycles. The van der Waals surface area contributed by atoms with Crippen molar-refractivity contribution in [2.24, 2.45) is 17.8 Å². The van der Waals surface area contributed by atoms with E-state index in [1.165, 1.54) is 32.1 Å². The molecule has 4 rings (SSSR count). The van der Waals surface area contributed by atoms with E-state index in [0.717, 1.165) is 17.8 Å². The zero-order valence-corrected chi connectivity index (χ0v) is 9.65. The van der Waals surface area contributed by atoms with E-state index < -0.39 is 0 Å². The lowest BCUT2D eigenvalue weighted by molar-refractivity contribution is 0.405. The monoisotopic (exact) mass is 210 g/mol. The normalized spacial score (nSPS) is 35.2. The van der Waals surface area contributed by atoms with Crippen LogP contribution in [-0.4, -0.2) is 0 Å². The second kappa shape index (κ2) is 3.23. The quantitative estimate of drug-likeness (QED) is 0.655. The van der Waals surface area contributed by atoms with Gasteiger partial charge in [0.15, 0.2) is 0 Å². The fourth-order valence-electron chi connectivity index (χ4n) is 4.29. The third kappa shape index (κ3) is 1.16. The highest BCUT2D eigenvalue weighted by atomic mass is 14.5. The zero-order chi connectivity index (χ0) is 10.5. The van der Waals surface area contributed by atoms with E-state index in [9.17, 15) is 0 Å². The summed E-state index contributed by atoms with van der Waals surface area (Å²) in [4.78, 5) is 0. The van der Waals surface area contributed by atoms with Gasteiger partial charge in [-0.1, -0.05) is 36.8 Å². The fraction of sp³-hybridized carbons (Fsp3) is 0.500. The van der Waals surface area contributed by atoms with E-state index in [2.05, 4.69) is 30.3 Å². The zero-order valence-electron chi connectivity index (χ0n) is 9.65. The maximum atomic E-state index is 2.51. The molecule has 0 radical (unpaired) electrons. The van der Waals surface area contributed by atoms with Gasteiger partial charge in [-0.25, -0.2) is 0 Å². The van der Waals surface area contributed by atoms with Crippen LogP contribution >= 0.6 is 0 Å². The maximum absolute atomic E-state index is 2.51. The fourth-order valence-corrected chi connectivity index (χ4v) is 4.29. The Labute approximate surface area is 97.4 Å². The Morgan fingerprint density at radius 2 is 1.94 bits per heavy atom. The van der Waals surface area contributed by atoms with Crippen molar-refractivity contribution < 1.29 is 0 Å². The van der Waals surface area contributed by atoms with Gasteiger partial charge in [0.05, 0.1) is 0 Å². The Kier molecular flexibility index (Phi) is 1.82. The minimum absolute atomic E-state index is 0.905. The third-order valence-corrected chi connectivity index (χ3v) is 5.01. The summed E-state index contributed by atoms with van der Waals surface area (Å²) < 4.78 is 0. The van der Waals surface area contributed by atoms with E-state index in [1.807, 2.05) is 0 Å². The number of rotatable bonds is 1. The maximum Gasteiger partial charge on any atom is -0.00853 e. The molecule has 2 fully saturated rings. The molecule has 0 N–H and O–H groups in total. The van der Waals surface area contributed by atoms with Gasteiger partial charge in [-0.05, 0) is 60.1 Å². The van der Waals surface area contributed by atoms with Gasteiger partial charge in [0, 0.05) is 0 Å². The van der Waals surface area contributed by atoms with Gasteiger partial charge in [-0.2, -0.15) is 0 Å². The summed E-state index contributed by atoms with van der Waals surface area (Å²) in [6, 6.07) is 9.01. The third-order valence-electron chi connectivity index (χ3n) is 5.01. The van der Waals surface area contributed by atoms with Crippen molar-refractivity contribution in [2.45, 2.75) is 32.1 Å². The molecule has 16 heavy (non-hydrogen) atoms. The van der Waals surface area contributed by atoms with Crippen molar-refractivity contribution in [3.8, 4) is 0 Å². The lowest BCUT2D eigenvalue weighted by atomic mass is 9.81. The molecule has 0 nitrogen and oxygen atoms in total. The van der Waals surface area contributed by atoms with E-state index in [4.69, 9.17) is 0 Å². The summed E-state index contributed by atoms with van der Waals surface area (Å²) in [5, 5.41) is 0. The number of allylic oxidation sites excluding steroid dienone is 2. The van der Waals surface area contributed by atoms with E-state index >= 15 is 0 Å². The Balaban J connectivity index is 1.71. The van der Waals surface area contributed by atoms with Crippen molar-refractivity contribution >= 4 is 5.57 Å². The molecule has 1 aromatic rings. The molecule has 2 bridgehead atoms. The van der Waals surface area contributed by atoms with E-state index in [0.29, 0.717) is 0 Å². The number of benzene rings is 1. The highest BCUT2D eigenvalue weighted by Gasteiger charge is 2.42. The highest BCUT2D eigenvalue weighted by Crippen LogP contribution is 2.54. The predicted octanol–water partition coefficient (Wildman–Crippen LogP) is 4.06. The van der Waals surface area contributed by atoms with Gasteiger partial charge < -0.3 is 0 Å². The van der Waals surface area contributed by atoms with Crippen LogP contribution in [0.1, 0.15) is 36.8 Å². The largest absolute Gasteiger partial charge is 0.0760 e. The van der Waals surface area contributed by atoms with Gasteiger partial charge >= 0.3 is 0 Å². The van der Waals surface area contributed by atoms with E-state index in [-0.39, 0.29) is 0 Å². The number of fused-ring (bicyclic) bond motifs is 3. The van der Waals surface area contributed by atoms with Crippen molar-refractivity contribution in [3.63, 3.8) is 0 Å². The molecule has 82 valence electrons. The molecule has 3 aliphatic carbocycles. The molecule has 2 saturated carbocycles. The van der Waals surface area contributed by atoms with Crippen LogP contribution in [-0.2, 0) is 6.42 Å². The van der Waals surface area contributed by atoms with Gasteiger partial charge in [0.1, 0.15) is 0 Å². The van der Waals surface area contributed by atoms with Gasteiger partial charge in [0.2, 0.25) is 0 Å². The molecule has 0 aliphatic heterocycles. The SMILES string of the molecule is C1=C(C2CC3CCC2C3)c2ccccc2C1. The summed E-state index contributed by atoms with van der Waals surface area (Å²) in [6.07, 6.45) is 9.69. The number of hydrogen-bond acceptors (Lipinski definition) is 0. The Bertz CT molecular complexity index is 455. The standard InChI is InChI=1S/C16H18/c1-2-4-14-12(3-1)7-8-15(14)16-10-11-5-6-13(16)9-11/h1-4,8,11,13,16H,5-7,9-10H2. The van der Waals surface area contributed by atoms with Crippen molar-refractivity contribution in [1.82, 2.24) is 0 Å². The average molecular weight is 210 g/mol. The van der Waals surface area contributed by atoms with Crippen LogP contribution < -0.4 is 0 Å². The van der Waals surface area contributed by atoms with Crippen LogP contribution in [0.25, 0.3) is 5.57 Å². The second-order valence-electron chi connectivity index (χ2n) is 5.80. The van der Waals surface area contributed by atoms with E-state index in [1.54, 1.807) is 16.7 Å². The summed E-state index contributed by atoms with van der Waals surface area (Å²) in [5.41, 5.74) is 4.82. The number of hydrogen-bond donors (Lipinski definition) is 0. The first kappa shape index (κ1) is 9.04. The molecular weight excluding hydrogens is 192 g/mol. The minimum Gasteiger partial charge on any atom is -0.0760 e. The molecule has 3 unspecified atom stereocenters. The van der Waals surface area contributed by atoms with Crippen LogP contribution in [0.3, 0.4) is 0 Å². The molecular formula is C16H18. The lowest BCUT2D eigenvalue weighted by Gasteiger charge is -2.23. The summed E-state index contributed by atoms with van der Waals surface area (Å²) in [7, 11) is 0. The summed E-state index contributed by atoms with van der Waals surface area (Å²) in [5.74, 6) is 2.98. The molecule has 0 saturated heterocycles. The van der Waals surface area contributed by atoms with Crippen molar-refractivity contribution in [3.05, 3.63) is 41.5 Å². The Morgan fingerprint density at radius 3 is 2.75 bits per heavy atom. The molecule has 0 heterocycles. The predicted molar refractivity (Wildman–Crippen MR) is 67.1 cm³/mol. The molecule has 0 heteroatoms. The topological polar surface area (TPSA) is 0 Å². The Morgan fingerprint density at radius 1 is 1.00 bits per heavy atom. The summed E-state index contributed by atoms with van der Waals surface area (Å²) >= 11 is 0. The molecule has 3 atom stereocenters. The average Bonchev–Trinajstić information content (AvgIpc) is 3.03. The molecule has 0 aromatic heterocycles. The van der Waals surface area contributed by atoms with Gasteiger partial charge in [-0.15, -0.1) is 0 Å². The van der Waals surface area contributed by atoms with Gasteiger partial charge in [0.25, 0.3) is 0 Å². The first-order valence-corrected chi connectivity index (χ1v) is 6.70. The smallest absolute Gasteiger partial charge is 0.00853 e. The lowest BCUT2D eigenvalue weighted by Crippen LogP contribution is -2.11. The van der Waals surface area contributed by atoms with Crippen LogP contribution in [0.15, 0.2) is 30.3 Å². The first-order chi connectivity index (χ1) is 7.92. The Hall–Kier alpha value is -1.04.